The molecule has 8 heteroatoms. The van der Waals surface area contributed by atoms with Crippen LogP contribution < -0.4 is 5.32 Å². The summed E-state index contributed by atoms with van der Waals surface area (Å²) in [5, 5.41) is 24.6. The Morgan fingerprint density at radius 1 is 1.32 bits per heavy atom. The Bertz CT molecular complexity index is 499. The van der Waals surface area contributed by atoms with E-state index in [1.807, 2.05) is 0 Å². The number of nitrogens with zero attached hydrogens (tertiary/aromatic N) is 2. The normalized spacial score (nSPS) is 18.4. The Labute approximate surface area is 108 Å². The number of hydrogen-bond acceptors (Lipinski definition) is 6. The van der Waals surface area contributed by atoms with Crippen LogP contribution in [0.2, 0.25) is 0 Å². The lowest BCUT2D eigenvalue weighted by Crippen LogP contribution is -2.16. The molecule has 1 aromatic carbocycles. The molecule has 0 amide bonds. The Kier molecular flexibility index (Phi) is 4.03. The van der Waals surface area contributed by atoms with Crippen molar-refractivity contribution in [1.82, 2.24) is 5.32 Å². The van der Waals surface area contributed by atoms with E-state index >= 15 is 0 Å². The number of nitrogens with one attached hydrogen (secondary N) is 1. The summed E-state index contributed by atoms with van der Waals surface area (Å²) < 4.78 is 5.54. The van der Waals surface area contributed by atoms with E-state index in [0.29, 0.717) is 5.56 Å². The Morgan fingerprint density at radius 3 is 2.68 bits per heavy atom. The summed E-state index contributed by atoms with van der Waals surface area (Å²) in [4.78, 5) is 20.2. The number of benzene rings is 1. The van der Waals surface area contributed by atoms with Crippen LogP contribution in [0.15, 0.2) is 18.2 Å². The minimum absolute atomic E-state index is 0.0368. The molecule has 1 saturated heterocycles. The van der Waals surface area contributed by atoms with Gasteiger partial charge in [0.2, 0.25) is 0 Å². The summed E-state index contributed by atoms with van der Waals surface area (Å²) in [6, 6.07) is 3.59. The zero-order valence-corrected chi connectivity index (χ0v) is 10.1. The van der Waals surface area contributed by atoms with Crippen LogP contribution in [0.25, 0.3) is 0 Å². The molecule has 0 saturated carbocycles. The molecule has 1 aliphatic rings. The average molecular weight is 267 g/mol. The van der Waals surface area contributed by atoms with E-state index in [2.05, 4.69) is 5.32 Å². The van der Waals surface area contributed by atoms with Crippen molar-refractivity contribution in [1.29, 1.82) is 0 Å². The van der Waals surface area contributed by atoms with E-state index in [4.69, 9.17) is 4.74 Å². The van der Waals surface area contributed by atoms with E-state index in [-0.39, 0.29) is 24.1 Å². The van der Waals surface area contributed by atoms with Crippen molar-refractivity contribution in [3.8, 4) is 0 Å². The predicted molar refractivity (Wildman–Crippen MR) is 65.8 cm³/mol. The van der Waals surface area contributed by atoms with Gasteiger partial charge in [-0.3, -0.25) is 20.2 Å². The third-order valence-corrected chi connectivity index (χ3v) is 2.97. The minimum Gasteiger partial charge on any atom is -0.372 e. The number of nitro groups is 2. The van der Waals surface area contributed by atoms with Gasteiger partial charge < -0.3 is 10.1 Å². The predicted octanol–water partition coefficient (Wildman–Crippen LogP) is 1.38. The maximum Gasteiger partial charge on any atom is 0.281 e. The molecule has 0 aliphatic carbocycles. The summed E-state index contributed by atoms with van der Waals surface area (Å²) in [5.41, 5.74) is -0.222. The summed E-state index contributed by atoms with van der Waals surface area (Å²) in [6.45, 7) is 1.68. The maximum absolute atomic E-state index is 10.9. The molecule has 1 atom stereocenters. The molecule has 102 valence electrons. The van der Waals surface area contributed by atoms with Gasteiger partial charge in [0.15, 0.2) is 0 Å². The van der Waals surface area contributed by atoms with Gasteiger partial charge in [0.05, 0.1) is 34.2 Å². The molecule has 2 rings (SSSR count). The lowest BCUT2D eigenvalue weighted by atomic mass is 10.1. The molecule has 19 heavy (non-hydrogen) atoms. The fourth-order valence-corrected chi connectivity index (χ4v) is 1.94. The van der Waals surface area contributed by atoms with Gasteiger partial charge in [-0.15, -0.1) is 0 Å². The molecule has 0 radical (unpaired) electrons. The van der Waals surface area contributed by atoms with Crippen molar-refractivity contribution in [2.24, 2.45) is 0 Å². The standard InChI is InChI=1S/C11H13N3O5/c15-13(16)9-2-1-8(11(5-9)14(17)18)7-19-10-3-4-12-6-10/h1-2,5,10,12H,3-4,6-7H2. The van der Waals surface area contributed by atoms with Gasteiger partial charge in [-0.2, -0.15) is 0 Å². The highest BCUT2D eigenvalue weighted by atomic mass is 16.6. The van der Waals surface area contributed by atoms with Gasteiger partial charge >= 0.3 is 0 Å². The summed E-state index contributed by atoms with van der Waals surface area (Å²) in [6.07, 6.45) is 0.899. The van der Waals surface area contributed by atoms with Gasteiger partial charge in [0.1, 0.15) is 0 Å². The van der Waals surface area contributed by atoms with Crippen LogP contribution in [-0.2, 0) is 11.3 Å². The average Bonchev–Trinajstić information content (AvgIpc) is 2.89. The van der Waals surface area contributed by atoms with Crippen molar-refractivity contribution in [3.63, 3.8) is 0 Å². The first-order chi connectivity index (χ1) is 9.08. The number of rotatable bonds is 5. The Balaban J connectivity index is 2.14. The molecule has 1 fully saturated rings. The van der Waals surface area contributed by atoms with Crippen LogP contribution in [0.3, 0.4) is 0 Å². The van der Waals surface area contributed by atoms with E-state index in [1.54, 1.807) is 0 Å². The quantitative estimate of drug-likeness (QED) is 0.637. The van der Waals surface area contributed by atoms with Gasteiger partial charge in [-0.25, -0.2) is 0 Å². The molecule has 0 aromatic heterocycles. The third-order valence-electron chi connectivity index (χ3n) is 2.97. The fourth-order valence-electron chi connectivity index (χ4n) is 1.94. The van der Waals surface area contributed by atoms with Crippen LogP contribution in [0.1, 0.15) is 12.0 Å². The second kappa shape index (κ2) is 5.72. The molecule has 1 aromatic rings. The molecule has 1 unspecified atom stereocenters. The first kappa shape index (κ1) is 13.4. The summed E-state index contributed by atoms with van der Waals surface area (Å²) >= 11 is 0. The van der Waals surface area contributed by atoms with Gasteiger partial charge in [0, 0.05) is 12.6 Å². The number of ether oxygens (including phenoxy) is 1. The van der Waals surface area contributed by atoms with E-state index in [0.717, 1.165) is 25.6 Å². The Hall–Kier alpha value is -2.06. The van der Waals surface area contributed by atoms with Crippen molar-refractivity contribution in [3.05, 3.63) is 44.0 Å². The first-order valence-electron chi connectivity index (χ1n) is 5.82. The number of hydrogen-bond donors (Lipinski definition) is 1. The zero-order valence-electron chi connectivity index (χ0n) is 10.1. The van der Waals surface area contributed by atoms with Crippen molar-refractivity contribution < 1.29 is 14.6 Å². The van der Waals surface area contributed by atoms with E-state index < -0.39 is 9.85 Å². The smallest absolute Gasteiger partial charge is 0.281 e. The largest absolute Gasteiger partial charge is 0.372 e. The first-order valence-corrected chi connectivity index (χ1v) is 5.82. The second-order valence-electron chi connectivity index (χ2n) is 4.25. The third kappa shape index (κ3) is 3.24. The van der Waals surface area contributed by atoms with Crippen molar-refractivity contribution in [2.75, 3.05) is 13.1 Å². The number of nitro benzene ring substituents is 2. The molecule has 1 aliphatic heterocycles. The lowest BCUT2D eigenvalue weighted by molar-refractivity contribution is -0.394. The maximum atomic E-state index is 10.9. The Morgan fingerprint density at radius 2 is 2.11 bits per heavy atom. The minimum atomic E-state index is -0.654. The monoisotopic (exact) mass is 267 g/mol. The van der Waals surface area contributed by atoms with Crippen LogP contribution in [-0.4, -0.2) is 29.0 Å². The highest BCUT2D eigenvalue weighted by Gasteiger charge is 2.21. The van der Waals surface area contributed by atoms with Gasteiger partial charge in [-0.05, 0) is 19.0 Å². The van der Waals surface area contributed by atoms with Gasteiger partial charge in [0.25, 0.3) is 11.4 Å². The highest BCUT2D eigenvalue weighted by molar-refractivity contribution is 5.48. The zero-order chi connectivity index (χ0) is 13.8. The van der Waals surface area contributed by atoms with Crippen LogP contribution in [0, 0.1) is 20.2 Å². The van der Waals surface area contributed by atoms with E-state index in [9.17, 15) is 20.2 Å². The highest BCUT2D eigenvalue weighted by Crippen LogP contribution is 2.25. The molecule has 0 spiro atoms. The molecule has 1 heterocycles. The molecular formula is C11H13N3O5. The summed E-state index contributed by atoms with van der Waals surface area (Å²) in [5.74, 6) is 0. The fraction of sp³-hybridized carbons (Fsp3) is 0.455. The number of non-ortho nitro benzene ring substituents is 1. The second-order valence-corrected chi connectivity index (χ2v) is 4.25. The SMILES string of the molecule is O=[N+]([O-])c1ccc(COC2CCNC2)c([N+](=O)[O-])c1. The van der Waals surface area contributed by atoms with Crippen LogP contribution in [0.5, 0.6) is 0 Å². The van der Waals surface area contributed by atoms with E-state index in [1.165, 1.54) is 12.1 Å². The topological polar surface area (TPSA) is 108 Å². The molecule has 0 bridgehead atoms. The van der Waals surface area contributed by atoms with Gasteiger partial charge in [-0.1, -0.05) is 0 Å². The van der Waals surface area contributed by atoms with Crippen molar-refractivity contribution in [2.45, 2.75) is 19.1 Å². The van der Waals surface area contributed by atoms with Crippen LogP contribution in [0.4, 0.5) is 11.4 Å². The van der Waals surface area contributed by atoms with Crippen LogP contribution >= 0.6 is 0 Å². The van der Waals surface area contributed by atoms with Crippen molar-refractivity contribution >= 4 is 11.4 Å². The lowest BCUT2D eigenvalue weighted by Gasteiger charge is -2.10. The molecular weight excluding hydrogens is 254 g/mol. The molecule has 1 N–H and O–H groups in total. The summed E-state index contributed by atoms with van der Waals surface area (Å²) in [7, 11) is 0. The molecule has 8 nitrogen and oxygen atoms in total.